The van der Waals surface area contributed by atoms with Crippen molar-refractivity contribution >= 4 is 11.8 Å². The molecule has 0 heterocycles. The van der Waals surface area contributed by atoms with E-state index in [-0.39, 0.29) is 11.9 Å². The first-order valence-corrected chi connectivity index (χ1v) is 8.03. The Kier molecular flexibility index (Phi) is 7.28. The maximum atomic E-state index is 9.26. The minimum atomic E-state index is 0.208. The van der Waals surface area contributed by atoms with E-state index in [1.807, 2.05) is 18.4 Å². The zero-order valence-electron chi connectivity index (χ0n) is 12.0. The smallest absolute Gasteiger partial charge is 0.115 e. The molecule has 0 aromatic heterocycles. The molecular formula is C15H25NO2S. The van der Waals surface area contributed by atoms with Crippen LogP contribution >= 0.6 is 11.8 Å². The van der Waals surface area contributed by atoms with E-state index in [1.54, 1.807) is 23.9 Å². The van der Waals surface area contributed by atoms with Crippen molar-refractivity contribution in [2.45, 2.75) is 44.0 Å². The topological polar surface area (TPSA) is 52.5 Å². The highest BCUT2D eigenvalue weighted by molar-refractivity contribution is 7.99. The van der Waals surface area contributed by atoms with Gasteiger partial charge in [-0.05, 0) is 50.6 Å². The van der Waals surface area contributed by atoms with Crippen molar-refractivity contribution in [1.29, 1.82) is 0 Å². The molecule has 108 valence electrons. The number of aliphatic hydroxyl groups is 1. The van der Waals surface area contributed by atoms with E-state index >= 15 is 0 Å². The second-order valence-electron chi connectivity index (χ2n) is 5.02. The first-order valence-electron chi connectivity index (χ1n) is 6.74. The van der Waals surface area contributed by atoms with Crippen LogP contribution in [0.5, 0.6) is 5.75 Å². The van der Waals surface area contributed by atoms with Gasteiger partial charge >= 0.3 is 0 Å². The van der Waals surface area contributed by atoms with Crippen LogP contribution in [0.3, 0.4) is 0 Å². The van der Waals surface area contributed by atoms with Gasteiger partial charge in [0.15, 0.2) is 0 Å². The molecule has 3 unspecified atom stereocenters. The molecule has 0 aliphatic rings. The van der Waals surface area contributed by atoms with Crippen molar-refractivity contribution in [3.63, 3.8) is 0 Å². The van der Waals surface area contributed by atoms with E-state index < -0.39 is 0 Å². The minimum absolute atomic E-state index is 0.208. The Morgan fingerprint density at radius 3 is 2.37 bits per heavy atom. The van der Waals surface area contributed by atoms with Gasteiger partial charge in [-0.15, -0.1) is 0 Å². The fourth-order valence-electron chi connectivity index (χ4n) is 2.12. The highest BCUT2D eigenvalue weighted by Crippen LogP contribution is 2.14. The van der Waals surface area contributed by atoms with Gasteiger partial charge in [-0.1, -0.05) is 12.1 Å². The van der Waals surface area contributed by atoms with Crippen LogP contribution in [0.2, 0.25) is 0 Å². The maximum absolute atomic E-state index is 9.26. The van der Waals surface area contributed by atoms with E-state index in [4.69, 9.17) is 0 Å². The Morgan fingerprint density at radius 2 is 1.84 bits per heavy atom. The number of aryl methyl sites for hydroxylation is 1. The fraction of sp³-hybridized carbons (Fsp3) is 0.600. The number of aromatic hydroxyl groups is 1. The number of nitrogens with one attached hydrogen (secondary N) is 1. The largest absolute Gasteiger partial charge is 0.508 e. The van der Waals surface area contributed by atoms with Crippen molar-refractivity contribution in [2.75, 3.05) is 12.9 Å². The quantitative estimate of drug-likeness (QED) is 0.686. The van der Waals surface area contributed by atoms with Gasteiger partial charge < -0.3 is 15.5 Å². The van der Waals surface area contributed by atoms with Gasteiger partial charge in [0, 0.05) is 17.3 Å². The normalized spacial score (nSPS) is 16.0. The molecule has 3 nitrogen and oxygen atoms in total. The molecule has 3 N–H and O–H groups in total. The van der Waals surface area contributed by atoms with Crippen LogP contribution in [0.1, 0.15) is 25.8 Å². The number of phenols is 1. The molecule has 1 aromatic rings. The Balaban J connectivity index is 2.34. The average molecular weight is 283 g/mol. The summed E-state index contributed by atoms with van der Waals surface area (Å²) in [6.45, 7) is 4.50. The van der Waals surface area contributed by atoms with Crippen molar-refractivity contribution in [2.24, 2.45) is 0 Å². The number of rotatable bonds is 8. The first kappa shape index (κ1) is 16.3. The molecule has 1 rings (SSSR count). The predicted octanol–water partition coefficient (Wildman–Crippen LogP) is 2.42. The molecule has 0 radical (unpaired) electrons. The molecule has 3 atom stereocenters. The second-order valence-corrected chi connectivity index (χ2v) is 6.10. The van der Waals surface area contributed by atoms with Gasteiger partial charge in [0.25, 0.3) is 0 Å². The third-order valence-corrected chi connectivity index (χ3v) is 4.55. The van der Waals surface area contributed by atoms with Crippen molar-refractivity contribution in [3.8, 4) is 5.75 Å². The summed E-state index contributed by atoms with van der Waals surface area (Å²) >= 11 is 1.70. The lowest BCUT2D eigenvalue weighted by Gasteiger charge is -2.25. The Bertz CT molecular complexity index is 352. The fourth-order valence-corrected chi connectivity index (χ4v) is 2.76. The maximum Gasteiger partial charge on any atom is 0.115 e. The van der Waals surface area contributed by atoms with Crippen molar-refractivity contribution in [1.82, 2.24) is 5.32 Å². The first-order chi connectivity index (χ1) is 9.06. The SMILES string of the molecule is CSC(CO)C(C)NC(C)CCc1ccc(O)cc1. The number of phenolic OH excluding ortho intramolecular Hbond substituents is 1. The van der Waals surface area contributed by atoms with Gasteiger partial charge in [0.2, 0.25) is 0 Å². The summed E-state index contributed by atoms with van der Waals surface area (Å²) in [4.78, 5) is 0. The lowest BCUT2D eigenvalue weighted by Crippen LogP contribution is -2.42. The van der Waals surface area contributed by atoms with Crippen molar-refractivity contribution in [3.05, 3.63) is 29.8 Å². The van der Waals surface area contributed by atoms with Gasteiger partial charge in [-0.2, -0.15) is 11.8 Å². The van der Waals surface area contributed by atoms with Crippen LogP contribution in [0.25, 0.3) is 0 Å². The highest BCUT2D eigenvalue weighted by atomic mass is 32.2. The molecule has 0 spiro atoms. The lowest BCUT2D eigenvalue weighted by atomic mass is 10.1. The Morgan fingerprint density at radius 1 is 1.21 bits per heavy atom. The van der Waals surface area contributed by atoms with Crippen molar-refractivity contribution < 1.29 is 10.2 Å². The van der Waals surface area contributed by atoms with Gasteiger partial charge in [-0.25, -0.2) is 0 Å². The Labute approximate surface area is 120 Å². The summed E-state index contributed by atoms with van der Waals surface area (Å²) in [5, 5.41) is 22.3. The van der Waals surface area contributed by atoms with Gasteiger partial charge in [-0.3, -0.25) is 0 Å². The molecule has 0 saturated heterocycles. The summed E-state index contributed by atoms with van der Waals surface area (Å²) in [5.74, 6) is 0.314. The Hall–Kier alpha value is -0.710. The molecule has 0 aliphatic heterocycles. The van der Waals surface area contributed by atoms with E-state index in [0.717, 1.165) is 12.8 Å². The van der Waals surface area contributed by atoms with E-state index in [0.29, 0.717) is 17.8 Å². The summed E-state index contributed by atoms with van der Waals surface area (Å²) in [5.41, 5.74) is 1.24. The number of hydrogen-bond acceptors (Lipinski definition) is 4. The summed E-state index contributed by atoms with van der Waals surface area (Å²) < 4.78 is 0. The van der Waals surface area contributed by atoms with E-state index in [9.17, 15) is 10.2 Å². The van der Waals surface area contributed by atoms with Gasteiger partial charge in [0.05, 0.1) is 6.61 Å². The highest BCUT2D eigenvalue weighted by Gasteiger charge is 2.16. The van der Waals surface area contributed by atoms with Crippen LogP contribution in [0.4, 0.5) is 0 Å². The van der Waals surface area contributed by atoms with E-state index in [2.05, 4.69) is 19.2 Å². The van der Waals surface area contributed by atoms with Crippen LogP contribution in [-0.4, -0.2) is 40.4 Å². The molecule has 0 aliphatic carbocycles. The monoisotopic (exact) mass is 283 g/mol. The average Bonchev–Trinajstić information content (AvgIpc) is 2.39. The zero-order chi connectivity index (χ0) is 14.3. The number of aliphatic hydroxyl groups excluding tert-OH is 1. The summed E-state index contributed by atoms with van der Waals surface area (Å²) in [6.07, 6.45) is 4.06. The number of benzene rings is 1. The molecule has 1 aromatic carbocycles. The third-order valence-electron chi connectivity index (χ3n) is 3.39. The molecule has 0 fully saturated rings. The summed E-state index contributed by atoms with van der Waals surface area (Å²) in [6, 6.07) is 8.09. The molecule has 0 bridgehead atoms. The molecular weight excluding hydrogens is 258 g/mol. The second kappa shape index (κ2) is 8.46. The molecule has 19 heavy (non-hydrogen) atoms. The predicted molar refractivity (Wildman–Crippen MR) is 82.9 cm³/mol. The zero-order valence-corrected chi connectivity index (χ0v) is 12.8. The van der Waals surface area contributed by atoms with Gasteiger partial charge in [0.1, 0.15) is 5.75 Å². The molecule has 0 saturated carbocycles. The lowest BCUT2D eigenvalue weighted by molar-refractivity contribution is 0.270. The number of hydrogen-bond donors (Lipinski definition) is 3. The van der Waals surface area contributed by atoms with E-state index in [1.165, 1.54) is 5.56 Å². The van der Waals surface area contributed by atoms with Crippen LogP contribution in [0, 0.1) is 0 Å². The third kappa shape index (κ3) is 5.85. The summed E-state index contributed by atoms with van der Waals surface area (Å²) in [7, 11) is 0. The van der Waals surface area contributed by atoms with Crippen LogP contribution < -0.4 is 5.32 Å². The standard InChI is InChI=1S/C15H25NO2S/c1-11(16-12(2)15(10-17)19-3)4-5-13-6-8-14(18)9-7-13/h6-9,11-12,15-18H,4-5,10H2,1-3H3. The molecule has 0 amide bonds. The number of thioether (sulfide) groups is 1. The van der Waals surface area contributed by atoms with Crippen LogP contribution in [0.15, 0.2) is 24.3 Å². The molecule has 4 heteroatoms. The van der Waals surface area contributed by atoms with Crippen LogP contribution in [-0.2, 0) is 6.42 Å². The minimum Gasteiger partial charge on any atom is -0.508 e.